The molecule has 0 saturated heterocycles. The predicted octanol–water partition coefficient (Wildman–Crippen LogP) is 8.83. The molecule has 0 spiro atoms. The summed E-state index contributed by atoms with van der Waals surface area (Å²) < 4.78 is 363. The second-order valence-electron chi connectivity index (χ2n) is 7.27. The molecule has 0 aliphatic heterocycles. The van der Waals surface area contributed by atoms with Crippen LogP contribution < -0.4 is 0 Å². The van der Waals surface area contributed by atoms with Gasteiger partial charge in [-0.25, -0.2) is 18.9 Å². The fourth-order valence-corrected chi connectivity index (χ4v) is 1.83. The Kier molecular flexibility index (Phi) is 10.5. The number of halogens is 28. The molecule has 0 fully saturated rings. The van der Waals surface area contributed by atoms with Crippen LogP contribution in [0.3, 0.4) is 0 Å². The van der Waals surface area contributed by atoms with Gasteiger partial charge in [0.05, 0.1) is 0 Å². The molecule has 1 unspecified atom stereocenters. The quantitative estimate of drug-likeness (QED) is 0.139. The summed E-state index contributed by atoms with van der Waals surface area (Å²) in [7, 11) is 0. The highest BCUT2D eigenvalue weighted by atomic mass is 19.4. The van der Waals surface area contributed by atoms with Gasteiger partial charge in [0.2, 0.25) is 0 Å². The number of rotatable bonds is 13. The van der Waals surface area contributed by atoms with Crippen LogP contribution in [0, 0.1) is 0 Å². The van der Waals surface area contributed by atoms with Gasteiger partial charge in [-0.15, -0.1) is 13.2 Å². The van der Waals surface area contributed by atoms with Gasteiger partial charge in [-0.2, -0.15) is 110 Å². The monoisotopic (exact) mass is 752 g/mol. The summed E-state index contributed by atoms with van der Waals surface area (Å²) in [6.45, 7) is 0. The Bertz CT molecular complexity index is 1030. The van der Waals surface area contributed by atoms with E-state index in [0.717, 1.165) is 9.47 Å². The molecule has 1 atom stereocenters. The van der Waals surface area contributed by atoms with Crippen LogP contribution in [0.1, 0.15) is 0 Å². The van der Waals surface area contributed by atoms with Crippen molar-refractivity contribution in [2.24, 2.45) is 0 Å². The molecule has 0 saturated carbocycles. The molecule has 0 aromatic carbocycles. The minimum absolute atomic E-state index is 0.830. The number of hydrogen-bond acceptors (Lipinski definition) is 4. The summed E-state index contributed by atoms with van der Waals surface area (Å²) in [6, 6.07) is -8.05. The van der Waals surface area contributed by atoms with Gasteiger partial charge in [-0.05, 0) is 0 Å². The zero-order chi connectivity index (χ0) is 37.3. The van der Waals surface area contributed by atoms with Crippen molar-refractivity contribution < 1.29 is 142 Å². The Balaban J connectivity index is 6.84. The first-order chi connectivity index (χ1) is 18.8. The largest absolute Gasteiger partial charge is 0.527 e. The molecule has 4 nitrogen and oxygen atoms in total. The Morgan fingerprint density at radius 2 is 0.533 bits per heavy atom. The molecular formula is C13F28O4. The summed E-state index contributed by atoms with van der Waals surface area (Å²) in [6.07, 6.45) is -65.3. The lowest BCUT2D eigenvalue weighted by atomic mass is 9.97. The normalized spacial score (nSPS) is 17.9. The molecule has 0 amide bonds. The van der Waals surface area contributed by atoms with Gasteiger partial charge in [0.25, 0.3) is 0 Å². The molecule has 0 aromatic rings. The van der Waals surface area contributed by atoms with Gasteiger partial charge in [0.15, 0.2) is 0 Å². The third-order valence-electron chi connectivity index (χ3n) is 3.94. The van der Waals surface area contributed by atoms with E-state index in [2.05, 4.69) is 0 Å². The maximum atomic E-state index is 13.8. The van der Waals surface area contributed by atoms with Crippen molar-refractivity contribution in [2.45, 2.75) is 79.0 Å². The summed E-state index contributed by atoms with van der Waals surface area (Å²) >= 11 is 0. The first-order valence-corrected chi connectivity index (χ1v) is 8.92. The average Bonchev–Trinajstić information content (AvgIpc) is 2.67. The Labute approximate surface area is 222 Å². The van der Waals surface area contributed by atoms with Gasteiger partial charge < -0.3 is 0 Å². The number of alkyl halides is 28. The predicted molar refractivity (Wildman–Crippen MR) is 70.9 cm³/mol. The molecule has 45 heavy (non-hydrogen) atoms. The van der Waals surface area contributed by atoms with Crippen LogP contribution in [0.5, 0.6) is 0 Å². The van der Waals surface area contributed by atoms with Crippen LogP contribution in [-0.2, 0) is 18.9 Å². The van der Waals surface area contributed by atoms with E-state index in [1.807, 2.05) is 0 Å². The van der Waals surface area contributed by atoms with Gasteiger partial charge in [0.1, 0.15) is 0 Å². The summed E-state index contributed by atoms with van der Waals surface area (Å²) in [4.78, 5) is 0. The lowest BCUT2D eigenvalue weighted by Crippen LogP contribution is -2.71. The third-order valence-corrected chi connectivity index (χ3v) is 3.94. The fraction of sp³-hybridized carbons (Fsp3) is 1.00. The van der Waals surface area contributed by atoms with E-state index in [4.69, 9.17) is 0 Å². The lowest BCUT2D eigenvalue weighted by Gasteiger charge is -2.41. The van der Waals surface area contributed by atoms with E-state index in [1.54, 1.807) is 0 Å². The summed E-state index contributed by atoms with van der Waals surface area (Å²) in [5.41, 5.74) is 0. The molecule has 0 heterocycles. The standard InChI is InChI=1S/C13F28O4/c14-1(15,3(18,19)5(22,23)24)2(16,17)4(20,21)7(28,29)42-9(32,33)10(34,35)43-11(36,37)12(38,45-13(39,40)41)44-8(30,31)6(25,26)27. The minimum atomic E-state index is -9.09. The minimum Gasteiger partial charge on any atom is -0.244 e. The van der Waals surface area contributed by atoms with Crippen molar-refractivity contribution in [2.75, 3.05) is 0 Å². The van der Waals surface area contributed by atoms with E-state index in [-0.39, 0.29) is 0 Å². The Morgan fingerprint density at radius 1 is 0.222 bits per heavy atom. The van der Waals surface area contributed by atoms with Crippen molar-refractivity contribution in [1.82, 2.24) is 0 Å². The Hall–Kier alpha value is -2.12. The molecule has 272 valence electrons. The van der Waals surface area contributed by atoms with E-state index in [1.165, 1.54) is 9.47 Å². The van der Waals surface area contributed by atoms with Gasteiger partial charge in [0, 0.05) is 0 Å². The highest BCUT2D eigenvalue weighted by Gasteiger charge is 2.92. The molecule has 0 rings (SSSR count). The molecule has 0 aliphatic carbocycles. The van der Waals surface area contributed by atoms with Crippen molar-refractivity contribution in [3.63, 3.8) is 0 Å². The van der Waals surface area contributed by atoms with E-state index < -0.39 is 79.0 Å². The number of ether oxygens (including phenoxy) is 4. The second kappa shape index (κ2) is 11.0. The van der Waals surface area contributed by atoms with Crippen molar-refractivity contribution in [3.05, 3.63) is 0 Å². The van der Waals surface area contributed by atoms with Gasteiger partial charge >= 0.3 is 79.0 Å². The molecule has 0 aromatic heterocycles. The van der Waals surface area contributed by atoms with Crippen LogP contribution in [0.15, 0.2) is 0 Å². The zero-order valence-electron chi connectivity index (χ0n) is 18.7. The van der Waals surface area contributed by atoms with Crippen LogP contribution in [0.2, 0.25) is 0 Å². The summed E-state index contributed by atoms with van der Waals surface area (Å²) in [5, 5.41) is 0. The first-order valence-electron chi connectivity index (χ1n) is 8.92. The van der Waals surface area contributed by atoms with E-state index in [9.17, 15) is 123 Å². The lowest BCUT2D eigenvalue weighted by molar-refractivity contribution is -0.610. The van der Waals surface area contributed by atoms with Gasteiger partial charge in [-0.1, -0.05) is 0 Å². The topological polar surface area (TPSA) is 36.9 Å². The second-order valence-corrected chi connectivity index (χ2v) is 7.27. The Morgan fingerprint density at radius 3 is 0.822 bits per heavy atom. The maximum Gasteiger partial charge on any atom is 0.527 e. The first kappa shape index (κ1) is 42.9. The molecule has 0 bridgehead atoms. The van der Waals surface area contributed by atoms with Crippen LogP contribution in [-0.4, -0.2) is 79.0 Å². The van der Waals surface area contributed by atoms with Crippen LogP contribution in [0.4, 0.5) is 123 Å². The highest BCUT2D eigenvalue weighted by molar-refractivity contribution is 5.08. The highest BCUT2D eigenvalue weighted by Crippen LogP contribution is 2.61. The fourth-order valence-electron chi connectivity index (χ4n) is 1.83. The van der Waals surface area contributed by atoms with Crippen molar-refractivity contribution >= 4 is 0 Å². The molecule has 32 heteroatoms. The van der Waals surface area contributed by atoms with Crippen LogP contribution >= 0.6 is 0 Å². The zero-order valence-corrected chi connectivity index (χ0v) is 18.7. The molecular weight excluding hydrogens is 752 g/mol. The van der Waals surface area contributed by atoms with Crippen molar-refractivity contribution in [3.8, 4) is 0 Å². The number of hydrogen-bond donors (Lipinski definition) is 0. The van der Waals surface area contributed by atoms with E-state index in [0.29, 0.717) is 0 Å². The molecule has 0 aliphatic rings. The average molecular weight is 752 g/mol. The van der Waals surface area contributed by atoms with Crippen molar-refractivity contribution in [1.29, 1.82) is 0 Å². The third kappa shape index (κ3) is 7.56. The maximum absolute atomic E-state index is 13.8. The van der Waals surface area contributed by atoms with Crippen LogP contribution in [0.25, 0.3) is 0 Å². The SMILES string of the molecule is FC(F)(F)OC(F)(OC(F)(F)C(F)(F)F)C(F)(F)OC(F)(F)C(F)(F)OC(F)(F)C(F)(F)C(F)(F)C(F)(F)C(F)(F)C(F)(F)F. The smallest absolute Gasteiger partial charge is 0.244 e. The summed E-state index contributed by atoms with van der Waals surface area (Å²) in [5.74, 6) is -35.6. The molecule has 0 radical (unpaired) electrons. The molecule has 0 N–H and O–H groups in total. The van der Waals surface area contributed by atoms with E-state index >= 15 is 0 Å². The van der Waals surface area contributed by atoms with Gasteiger partial charge in [-0.3, -0.25) is 0 Å².